The van der Waals surface area contributed by atoms with Crippen LogP contribution in [-0.2, 0) is 9.59 Å². The number of ether oxygens (including phenoxy) is 1. The van der Waals surface area contributed by atoms with Gasteiger partial charge in [-0.2, -0.15) is 0 Å². The summed E-state index contributed by atoms with van der Waals surface area (Å²) in [6, 6.07) is 14.7. The molecule has 0 aromatic heterocycles. The molecule has 0 fully saturated rings. The largest absolute Gasteiger partial charge is 0.492 e. The number of likely N-dealkylation sites (N-methyl/N-ethyl adjacent to an activating group) is 1. The first-order chi connectivity index (χ1) is 12.5. The van der Waals surface area contributed by atoms with Gasteiger partial charge in [-0.1, -0.05) is 23.7 Å². The molecule has 2 aromatic carbocycles. The number of nitrogens with zero attached hydrogens (tertiary/aromatic N) is 1. The van der Waals surface area contributed by atoms with E-state index in [-0.39, 0.29) is 18.2 Å². The highest BCUT2D eigenvalue weighted by molar-refractivity contribution is 8.01. The summed E-state index contributed by atoms with van der Waals surface area (Å²) in [6.07, 6.45) is 0.155. The first-order valence-corrected chi connectivity index (χ1v) is 9.47. The first kappa shape index (κ1) is 18.6. The maximum atomic E-state index is 12.4. The molecule has 1 aliphatic heterocycles. The molecule has 0 bridgehead atoms. The molecule has 1 heterocycles. The number of carbonyl (C=O) groups excluding carboxylic acids is 2. The summed E-state index contributed by atoms with van der Waals surface area (Å²) in [6.45, 7) is 0.813. The van der Waals surface area contributed by atoms with Crippen molar-refractivity contribution < 1.29 is 14.3 Å². The average molecular weight is 391 g/mol. The van der Waals surface area contributed by atoms with Gasteiger partial charge in [0.05, 0.1) is 17.5 Å². The van der Waals surface area contributed by atoms with E-state index in [1.54, 1.807) is 36.2 Å². The summed E-state index contributed by atoms with van der Waals surface area (Å²) in [5.41, 5.74) is 0.802. The van der Waals surface area contributed by atoms with Crippen LogP contribution < -0.4 is 10.1 Å². The van der Waals surface area contributed by atoms with Crippen molar-refractivity contribution in [3.8, 4) is 5.75 Å². The van der Waals surface area contributed by atoms with Gasteiger partial charge in [0.2, 0.25) is 11.8 Å². The maximum absolute atomic E-state index is 12.4. The van der Waals surface area contributed by atoms with E-state index in [1.807, 2.05) is 24.3 Å². The quantitative estimate of drug-likeness (QED) is 0.817. The molecule has 3 rings (SSSR count). The molecule has 1 N–H and O–H groups in total. The van der Waals surface area contributed by atoms with E-state index in [4.69, 9.17) is 16.3 Å². The number of rotatable bonds is 6. The number of halogens is 1. The predicted octanol–water partition coefficient (Wildman–Crippen LogP) is 3.68. The summed E-state index contributed by atoms with van der Waals surface area (Å²) >= 11 is 7.26. The Labute approximate surface area is 161 Å². The van der Waals surface area contributed by atoms with E-state index in [9.17, 15) is 9.59 Å². The summed E-state index contributed by atoms with van der Waals surface area (Å²) in [5, 5.41) is 3.09. The first-order valence-electron chi connectivity index (χ1n) is 8.22. The molecular formula is C19H19ClN2O3S. The second-order valence-electron chi connectivity index (χ2n) is 5.91. The maximum Gasteiger partial charge on any atom is 0.238 e. The minimum atomic E-state index is -0.419. The van der Waals surface area contributed by atoms with Gasteiger partial charge >= 0.3 is 0 Å². The molecule has 7 heteroatoms. The summed E-state index contributed by atoms with van der Waals surface area (Å²) < 4.78 is 5.60. The Bertz CT molecular complexity index is 798. The Morgan fingerprint density at radius 1 is 1.23 bits per heavy atom. The second-order valence-corrected chi connectivity index (χ2v) is 7.59. The zero-order valence-electron chi connectivity index (χ0n) is 14.3. The zero-order chi connectivity index (χ0) is 18.5. The van der Waals surface area contributed by atoms with Crippen LogP contribution in [0.3, 0.4) is 0 Å². The number of nitrogens with one attached hydrogen (secondary N) is 1. The van der Waals surface area contributed by atoms with Gasteiger partial charge in [-0.15, -0.1) is 11.8 Å². The summed E-state index contributed by atoms with van der Waals surface area (Å²) in [7, 11) is 1.72. The minimum Gasteiger partial charge on any atom is -0.492 e. The number of para-hydroxylation sites is 1. The lowest BCUT2D eigenvalue weighted by atomic mass is 10.2. The van der Waals surface area contributed by atoms with Gasteiger partial charge in [0.25, 0.3) is 0 Å². The van der Waals surface area contributed by atoms with Gasteiger partial charge in [0.15, 0.2) is 0 Å². The number of carbonyl (C=O) groups is 2. The Balaban J connectivity index is 1.48. The molecule has 136 valence electrons. The van der Waals surface area contributed by atoms with E-state index < -0.39 is 5.25 Å². The van der Waals surface area contributed by atoms with Crippen LogP contribution in [0, 0.1) is 0 Å². The molecule has 1 aliphatic rings. The van der Waals surface area contributed by atoms with Gasteiger partial charge in [-0.25, -0.2) is 0 Å². The molecular weight excluding hydrogens is 372 g/mol. The minimum absolute atomic E-state index is 0.0864. The topological polar surface area (TPSA) is 58.6 Å². The number of hydrogen-bond acceptors (Lipinski definition) is 4. The van der Waals surface area contributed by atoms with Crippen molar-refractivity contribution in [2.45, 2.75) is 16.6 Å². The number of amides is 2. The van der Waals surface area contributed by atoms with Crippen molar-refractivity contribution in [1.82, 2.24) is 4.90 Å². The highest BCUT2D eigenvalue weighted by Gasteiger charge is 2.29. The number of anilines is 1. The zero-order valence-corrected chi connectivity index (χ0v) is 15.8. The SMILES string of the molecule is CN(CCOc1ccc(Cl)cc1)C(=O)CC1Sc2ccccc2NC1=O. The number of benzene rings is 2. The highest BCUT2D eigenvalue weighted by atomic mass is 35.5. The molecule has 1 unspecified atom stereocenters. The van der Waals surface area contributed by atoms with E-state index in [1.165, 1.54) is 11.8 Å². The molecule has 0 saturated heterocycles. The Kier molecular flexibility index (Phi) is 6.06. The van der Waals surface area contributed by atoms with Crippen molar-refractivity contribution >= 4 is 40.9 Å². The van der Waals surface area contributed by atoms with E-state index in [2.05, 4.69) is 5.32 Å². The van der Waals surface area contributed by atoms with Gasteiger partial charge in [0.1, 0.15) is 12.4 Å². The third-order valence-electron chi connectivity index (χ3n) is 4.00. The van der Waals surface area contributed by atoms with Crippen LogP contribution >= 0.6 is 23.4 Å². The fraction of sp³-hybridized carbons (Fsp3) is 0.263. The summed E-state index contributed by atoms with van der Waals surface area (Å²) in [4.78, 5) is 27.2. The van der Waals surface area contributed by atoms with Crippen molar-refractivity contribution in [3.63, 3.8) is 0 Å². The van der Waals surface area contributed by atoms with Crippen LogP contribution in [0.2, 0.25) is 5.02 Å². The van der Waals surface area contributed by atoms with E-state index >= 15 is 0 Å². The van der Waals surface area contributed by atoms with E-state index in [0.717, 1.165) is 10.6 Å². The molecule has 1 atom stereocenters. The monoisotopic (exact) mass is 390 g/mol. The van der Waals surface area contributed by atoms with Crippen LogP contribution in [-0.4, -0.2) is 42.2 Å². The normalized spacial score (nSPS) is 15.8. The van der Waals surface area contributed by atoms with Crippen molar-refractivity contribution in [2.75, 3.05) is 25.5 Å². The van der Waals surface area contributed by atoms with Crippen LogP contribution in [0.4, 0.5) is 5.69 Å². The lowest BCUT2D eigenvalue weighted by Gasteiger charge is -2.25. The third-order valence-corrected chi connectivity index (χ3v) is 5.53. The van der Waals surface area contributed by atoms with Crippen molar-refractivity contribution in [1.29, 1.82) is 0 Å². The lowest BCUT2D eigenvalue weighted by molar-refractivity contribution is -0.131. The fourth-order valence-electron chi connectivity index (χ4n) is 2.50. The van der Waals surface area contributed by atoms with Crippen LogP contribution in [0.5, 0.6) is 5.75 Å². The molecule has 2 aromatic rings. The smallest absolute Gasteiger partial charge is 0.238 e. The van der Waals surface area contributed by atoms with Crippen molar-refractivity contribution in [2.24, 2.45) is 0 Å². The van der Waals surface area contributed by atoms with Crippen LogP contribution in [0.1, 0.15) is 6.42 Å². The number of thioether (sulfide) groups is 1. The van der Waals surface area contributed by atoms with E-state index in [0.29, 0.717) is 23.9 Å². The lowest BCUT2D eigenvalue weighted by Crippen LogP contribution is -2.37. The van der Waals surface area contributed by atoms with Gasteiger partial charge in [-0.3, -0.25) is 9.59 Å². The fourth-order valence-corrected chi connectivity index (χ4v) is 3.72. The average Bonchev–Trinajstić information content (AvgIpc) is 2.63. The predicted molar refractivity (Wildman–Crippen MR) is 104 cm³/mol. The van der Waals surface area contributed by atoms with Gasteiger partial charge < -0.3 is 15.0 Å². The van der Waals surface area contributed by atoms with Gasteiger partial charge in [0, 0.05) is 23.4 Å². The Hall–Kier alpha value is -2.18. The Morgan fingerprint density at radius 2 is 1.96 bits per heavy atom. The standard InChI is InChI=1S/C19H19ClN2O3S/c1-22(10-11-25-14-8-6-13(20)7-9-14)18(23)12-17-19(24)21-15-4-2-3-5-16(15)26-17/h2-9,17H,10-12H2,1H3,(H,21,24). The molecule has 5 nitrogen and oxygen atoms in total. The highest BCUT2D eigenvalue weighted by Crippen LogP contribution is 2.36. The Morgan fingerprint density at radius 3 is 2.73 bits per heavy atom. The molecule has 0 aliphatic carbocycles. The molecule has 26 heavy (non-hydrogen) atoms. The van der Waals surface area contributed by atoms with Gasteiger partial charge in [-0.05, 0) is 36.4 Å². The molecule has 0 radical (unpaired) electrons. The third kappa shape index (κ3) is 4.71. The molecule has 0 spiro atoms. The molecule has 2 amide bonds. The summed E-state index contributed by atoms with van der Waals surface area (Å²) in [5.74, 6) is 0.485. The van der Waals surface area contributed by atoms with Crippen molar-refractivity contribution in [3.05, 3.63) is 53.6 Å². The molecule has 0 saturated carbocycles. The van der Waals surface area contributed by atoms with Crippen LogP contribution in [0.25, 0.3) is 0 Å². The number of fused-ring (bicyclic) bond motifs is 1. The second kappa shape index (κ2) is 8.47. The number of hydrogen-bond donors (Lipinski definition) is 1. The van der Waals surface area contributed by atoms with Crippen LogP contribution in [0.15, 0.2) is 53.4 Å².